The van der Waals surface area contributed by atoms with Gasteiger partial charge in [0.15, 0.2) is 6.29 Å². The second-order valence-electron chi connectivity index (χ2n) is 3.13. The van der Waals surface area contributed by atoms with Gasteiger partial charge >= 0.3 is 0 Å². The van der Waals surface area contributed by atoms with E-state index in [0.717, 1.165) is 6.29 Å². The lowest BCUT2D eigenvalue weighted by Crippen LogP contribution is -2.26. The number of hydrogen-bond donors (Lipinski definition) is 1. The first-order valence-corrected chi connectivity index (χ1v) is 3.66. The molecule has 0 fully saturated rings. The van der Waals surface area contributed by atoms with Crippen LogP contribution in [0.3, 0.4) is 0 Å². The van der Waals surface area contributed by atoms with E-state index >= 15 is 0 Å². The Morgan fingerprint density at radius 3 is 2.45 bits per heavy atom. The number of carbonyl (C=O) groups excluding carboxylic acids is 2. The first kappa shape index (κ1) is 10.3. The van der Waals surface area contributed by atoms with Crippen molar-refractivity contribution in [2.24, 2.45) is 5.92 Å². The van der Waals surface area contributed by atoms with Crippen molar-refractivity contribution in [1.29, 1.82) is 0 Å². The largest absolute Gasteiger partial charge is 0.383 e. The molecule has 0 aliphatic rings. The second kappa shape index (κ2) is 4.23. The predicted octanol–water partition coefficient (Wildman–Crippen LogP) is 0.551. The van der Waals surface area contributed by atoms with Crippen LogP contribution in [0.25, 0.3) is 0 Å². The van der Waals surface area contributed by atoms with Gasteiger partial charge in [0.25, 0.3) is 0 Å². The number of aliphatic hydroxyl groups is 1. The van der Waals surface area contributed by atoms with Crippen LogP contribution in [0.15, 0.2) is 0 Å². The maximum Gasteiger partial charge on any atom is 0.151 e. The topological polar surface area (TPSA) is 54.4 Å². The summed E-state index contributed by atoms with van der Waals surface area (Å²) in [6, 6.07) is 0. The summed E-state index contributed by atoms with van der Waals surface area (Å²) in [4.78, 5) is 20.3. The maximum absolute atomic E-state index is 10.2. The van der Waals surface area contributed by atoms with Crippen molar-refractivity contribution >= 4 is 12.6 Å². The third-order valence-electron chi connectivity index (χ3n) is 1.59. The van der Waals surface area contributed by atoms with Crippen LogP contribution < -0.4 is 0 Å². The molecule has 0 aliphatic carbocycles. The van der Waals surface area contributed by atoms with Gasteiger partial charge in [0, 0.05) is 5.92 Å². The average Bonchev–Trinajstić information content (AvgIpc) is 2.00. The van der Waals surface area contributed by atoms with Crippen molar-refractivity contribution < 1.29 is 14.7 Å². The van der Waals surface area contributed by atoms with E-state index in [2.05, 4.69) is 0 Å². The second-order valence-corrected chi connectivity index (χ2v) is 3.13. The van der Waals surface area contributed by atoms with Gasteiger partial charge in [-0.25, -0.2) is 0 Å². The summed E-state index contributed by atoms with van der Waals surface area (Å²) >= 11 is 0. The van der Waals surface area contributed by atoms with Gasteiger partial charge in [-0.05, 0) is 19.8 Å². The van der Waals surface area contributed by atoms with Crippen LogP contribution in [0.4, 0.5) is 0 Å². The molecule has 3 nitrogen and oxygen atoms in total. The molecule has 1 N–H and O–H groups in total. The number of rotatable bonds is 5. The van der Waals surface area contributed by atoms with Crippen LogP contribution in [0.2, 0.25) is 0 Å². The van der Waals surface area contributed by atoms with Crippen LogP contribution in [-0.4, -0.2) is 23.3 Å². The predicted molar refractivity (Wildman–Crippen MR) is 41.1 cm³/mol. The Kier molecular flexibility index (Phi) is 3.97. The highest BCUT2D eigenvalue weighted by atomic mass is 16.3. The quantitative estimate of drug-likeness (QED) is 0.594. The number of carbonyl (C=O) groups is 2. The van der Waals surface area contributed by atoms with Gasteiger partial charge in [0.1, 0.15) is 11.9 Å². The zero-order valence-corrected chi connectivity index (χ0v) is 6.91. The first-order valence-electron chi connectivity index (χ1n) is 3.66. The zero-order valence-electron chi connectivity index (χ0n) is 6.91. The van der Waals surface area contributed by atoms with Crippen LogP contribution in [0, 0.1) is 5.92 Å². The van der Waals surface area contributed by atoms with Gasteiger partial charge in [0.05, 0.1) is 0 Å². The Labute approximate surface area is 66.4 Å². The molecule has 0 amide bonds. The van der Waals surface area contributed by atoms with E-state index in [9.17, 15) is 14.7 Å². The lowest BCUT2D eigenvalue weighted by molar-refractivity contribution is -0.123. The molecule has 3 heteroatoms. The molecule has 0 unspecified atom stereocenters. The van der Waals surface area contributed by atoms with E-state index in [4.69, 9.17) is 0 Å². The summed E-state index contributed by atoms with van der Waals surface area (Å²) in [6.45, 7) is 3.20. The zero-order chi connectivity index (χ0) is 8.91. The fourth-order valence-corrected chi connectivity index (χ4v) is 0.647. The molecule has 0 aromatic heterocycles. The fraction of sp³-hybridized carbons (Fsp3) is 0.750. The van der Waals surface area contributed by atoms with E-state index in [1.54, 1.807) is 6.92 Å². The normalized spacial score (nSPS) is 18.5. The minimum absolute atomic E-state index is 0.0820. The molecule has 0 spiro atoms. The third kappa shape index (κ3) is 4.67. The van der Waals surface area contributed by atoms with E-state index < -0.39 is 5.60 Å². The molecule has 0 heterocycles. The fourth-order valence-electron chi connectivity index (χ4n) is 0.647. The van der Waals surface area contributed by atoms with E-state index in [0.29, 0.717) is 19.1 Å². The van der Waals surface area contributed by atoms with Gasteiger partial charge in [-0.1, -0.05) is 6.92 Å². The molecular weight excluding hydrogens is 144 g/mol. The summed E-state index contributed by atoms with van der Waals surface area (Å²) in [6.07, 6.45) is 2.22. The van der Waals surface area contributed by atoms with Gasteiger partial charge in [-0.2, -0.15) is 0 Å². The molecule has 2 atom stereocenters. The summed E-state index contributed by atoms with van der Waals surface area (Å²) in [5, 5.41) is 9.18. The smallest absolute Gasteiger partial charge is 0.151 e. The van der Waals surface area contributed by atoms with Gasteiger partial charge in [-0.3, -0.25) is 0 Å². The van der Waals surface area contributed by atoms with Crippen molar-refractivity contribution in [3.63, 3.8) is 0 Å². The van der Waals surface area contributed by atoms with Crippen molar-refractivity contribution in [3.05, 3.63) is 0 Å². The Hall–Kier alpha value is -0.700. The molecule has 0 saturated carbocycles. The Morgan fingerprint density at radius 2 is 2.09 bits per heavy atom. The standard InChI is InChI=1S/C8H14O3/c1-7(5-9)3-4-8(2,11)6-10/h5-7,11H,3-4H2,1-2H3/t7-,8-/m1/s1. The molecule has 0 rings (SSSR count). The Bertz CT molecular complexity index is 140. The van der Waals surface area contributed by atoms with Crippen molar-refractivity contribution in [1.82, 2.24) is 0 Å². The lowest BCUT2D eigenvalue weighted by atomic mass is 9.97. The van der Waals surface area contributed by atoms with Crippen LogP contribution in [-0.2, 0) is 9.59 Å². The van der Waals surface area contributed by atoms with Crippen LogP contribution in [0.5, 0.6) is 0 Å². The first-order chi connectivity index (χ1) is 5.02. The van der Waals surface area contributed by atoms with E-state index in [1.807, 2.05) is 0 Å². The molecule has 64 valence electrons. The molecule has 0 aliphatic heterocycles. The molecule has 0 aromatic rings. The molecule has 11 heavy (non-hydrogen) atoms. The Morgan fingerprint density at radius 1 is 1.55 bits per heavy atom. The minimum atomic E-state index is -1.27. The van der Waals surface area contributed by atoms with Crippen molar-refractivity contribution in [2.45, 2.75) is 32.3 Å². The highest BCUT2D eigenvalue weighted by Crippen LogP contribution is 2.12. The number of aldehydes is 2. The minimum Gasteiger partial charge on any atom is -0.383 e. The molecule has 0 bridgehead atoms. The molecular formula is C8H14O3. The third-order valence-corrected chi connectivity index (χ3v) is 1.59. The monoisotopic (exact) mass is 158 g/mol. The van der Waals surface area contributed by atoms with Crippen molar-refractivity contribution in [2.75, 3.05) is 0 Å². The maximum atomic E-state index is 10.2. The van der Waals surface area contributed by atoms with Gasteiger partial charge in [0.2, 0.25) is 0 Å². The summed E-state index contributed by atoms with van der Waals surface area (Å²) in [5.41, 5.74) is -1.27. The summed E-state index contributed by atoms with van der Waals surface area (Å²) in [5.74, 6) is -0.0820. The van der Waals surface area contributed by atoms with E-state index in [1.165, 1.54) is 6.92 Å². The van der Waals surface area contributed by atoms with Crippen molar-refractivity contribution in [3.8, 4) is 0 Å². The highest BCUT2D eigenvalue weighted by molar-refractivity contribution is 5.61. The molecule has 0 aromatic carbocycles. The number of hydrogen-bond acceptors (Lipinski definition) is 3. The average molecular weight is 158 g/mol. The van der Waals surface area contributed by atoms with Gasteiger partial charge in [-0.15, -0.1) is 0 Å². The van der Waals surface area contributed by atoms with E-state index in [-0.39, 0.29) is 5.92 Å². The highest BCUT2D eigenvalue weighted by Gasteiger charge is 2.19. The molecule has 0 saturated heterocycles. The molecule has 0 radical (unpaired) electrons. The van der Waals surface area contributed by atoms with Crippen LogP contribution in [0.1, 0.15) is 26.7 Å². The Balaban J connectivity index is 3.68. The van der Waals surface area contributed by atoms with Gasteiger partial charge < -0.3 is 14.7 Å². The summed E-state index contributed by atoms with van der Waals surface area (Å²) < 4.78 is 0. The SMILES string of the molecule is C[C@@H](C=O)CC[C@@](C)(O)C=O. The lowest BCUT2D eigenvalue weighted by Gasteiger charge is -2.15. The summed E-state index contributed by atoms with van der Waals surface area (Å²) in [7, 11) is 0. The van der Waals surface area contributed by atoms with Crippen LogP contribution >= 0.6 is 0 Å².